The fraction of sp³-hybridized carbons (Fsp3) is 0.500. The van der Waals surface area contributed by atoms with Crippen LogP contribution < -0.4 is 15.8 Å². The molecule has 0 saturated carbocycles. The maximum Gasteiger partial charge on any atom is 0.260 e. The van der Waals surface area contributed by atoms with Gasteiger partial charge in [-0.2, -0.15) is 0 Å². The molecule has 1 unspecified atom stereocenters. The van der Waals surface area contributed by atoms with Crippen molar-refractivity contribution < 1.29 is 18.3 Å². The van der Waals surface area contributed by atoms with E-state index in [2.05, 4.69) is 5.32 Å². The van der Waals surface area contributed by atoms with Crippen molar-refractivity contribution in [3.05, 3.63) is 23.8 Å². The minimum atomic E-state index is -0.917. The number of halogens is 2. The summed E-state index contributed by atoms with van der Waals surface area (Å²) in [6.45, 7) is 6.07. The number of ether oxygens (including phenoxy) is 1. The molecule has 0 spiro atoms. The number of anilines is 1. The number of nitrogens with two attached hydrogens (primary N) is 1. The van der Waals surface area contributed by atoms with Crippen molar-refractivity contribution in [1.82, 2.24) is 5.32 Å². The van der Waals surface area contributed by atoms with Gasteiger partial charge in [0.25, 0.3) is 5.91 Å². The van der Waals surface area contributed by atoms with Crippen LogP contribution in [0.15, 0.2) is 12.1 Å². The standard InChI is InChI=1S/C14H20F2N2O2/c1-8(2)4-5-18-14(19)9(3)20-13-7-10(15)12(17)6-11(13)16/h6-9H,4-5,17H2,1-3H3,(H,18,19). The summed E-state index contributed by atoms with van der Waals surface area (Å²) in [6, 6.07) is 1.66. The van der Waals surface area contributed by atoms with Crippen LogP contribution in [0.3, 0.4) is 0 Å². The molecule has 1 amide bonds. The van der Waals surface area contributed by atoms with Crippen molar-refractivity contribution in [2.45, 2.75) is 33.3 Å². The van der Waals surface area contributed by atoms with E-state index in [0.717, 1.165) is 18.6 Å². The third kappa shape index (κ3) is 4.68. The number of nitrogen functional groups attached to an aromatic ring is 1. The van der Waals surface area contributed by atoms with Crippen LogP contribution in [0.25, 0.3) is 0 Å². The predicted molar refractivity (Wildman–Crippen MR) is 73.3 cm³/mol. The average molecular weight is 286 g/mol. The van der Waals surface area contributed by atoms with E-state index in [0.29, 0.717) is 12.5 Å². The Kier molecular flexibility index (Phi) is 5.73. The van der Waals surface area contributed by atoms with E-state index in [1.165, 1.54) is 6.92 Å². The van der Waals surface area contributed by atoms with E-state index < -0.39 is 17.7 Å². The molecule has 1 aromatic carbocycles. The summed E-state index contributed by atoms with van der Waals surface area (Å²) >= 11 is 0. The second kappa shape index (κ2) is 7.07. The lowest BCUT2D eigenvalue weighted by atomic mass is 10.1. The topological polar surface area (TPSA) is 64.3 Å². The maximum absolute atomic E-state index is 13.5. The van der Waals surface area contributed by atoms with E-state index in [1.54, 1.807) is 0 Å². The van der Waals surface area contributed by atoms with Crippen molar-refractivity contribution in [2.75, 3.05) is 12.3 Å². The van der Waals surface area contributed by atoms with Crippen molar-refractivity contribution >= 4 is 11.6 Å². The normalized spacial score (nSPS) is 12.3. The molecular weight excluding hydrogens is 266 g/mol. The Morgan fingerprint density at radius 2 is 1.95 bits per heavy atom. The van der Waals surface area contributed by atoms with Crippen molar-refractivity contribution in [3.8, 4) is 5.75 Å². The quantitative estimate of drug-likeness (QED) is 0.790. The number of hydrogen-bond donors (Lipinski definition) is 2. The number of hydrogen-bond acceptors (Lipinski definition) is 3. The Hall–Kier alpha value is -1.85. The molecule has 4 nitrogen and oxygen atoms in total. The molecular formula is C14H20F2N2O2. The molecule has 1 aromatic rings. The molecule has 6 heteroatoms. The average Bonchev–Trinajstić information content (AvgIpc) is 2.35. The SMILES string of the molecule is CC(C)CCNC(=O)C(C)Oc1cc(F)c(N)cc1F. The van der Waals surface area contributed by atoms with Crippen molar-refractivity contribution in [1.29, 1.82) is 0 Å². The van der Waals surface area contributed by atoms with Crippen molar-refractivity contribution in [3.63, 3.8) is 0 Å². The molecule has 1 atom stereocenters. The van der Waals surface area contributed by atoms with Crippen LogP contribution in [-0.2, 0) is 4.79 Å². The predicted octanol–water partition coefficient (Wildman–Crippen LogP) is 2.48. The Bertz CT molecular complexity index is 478. The zero-order valence-corrected chi connectivity index (χ0v) is 11.9. The summed E-state index contributed by atoms with van der Waals surface area (Å²) in [5, 5.41) is 2.67. The molecule has 0 heterocycles. The lowest BCUT2D eigenvalue weighted by molar-refractivity contribution is -0.127. The Morgan fingerprint density at radius 3 is 2.55 bits per heavy atom. The molecule has 0 aliphatic rings. The first kappa shape index (κ1) is 16.2. The van der Waals surface area contributed by atoms with Crippen molar-refractivity contribution in [2.24, 2.45) is 5.92 Å². The minimum Gasteiger partial charge on any atom is -0.478 e. The molecule has 0 bridgehead atoms. The number of rotatable bonds is 6. The van der Waals surface area contributed by atoms with Gasteiger partial charge >= 0.3 is 0 Å². The van der Waals surface area contributed by atoms with Gasteiger partial charge in [-0.05, 0) is 19.3 Å². The number of carbonyl (C=O) groups excluding carboxylic acids is 1. The molecule has 0 aliphatic carbocycles. The van der Waals surface area contributed by atoms with Crippen LogP contribution >= 0.6 is 0 Å². The highest BCUT2D eigenvalue weighted by Gasteiger charge is 2.17. The fourth-order valence-electron chi connectivity index (χ4n) is 1.51. The molecule has 0 aliphatic heterocycles. The van der Waals surface area contributed by atoms with Crippen LogP contribution in [0.1, 0.15) is 27.2 Å². The largest absolute Gasteiger partial charge is 0.478 e. The monoisotopic (exact) mass is 286 g/mol. The Balaban J connectivity index is 2.59. The Labute approximate surface area is 117 Å². The minimum absolute atomic E-state index is 0.302. The smallest absolute Gasteiger partial charge is 0.260 e. The zero-order chi connectivity index (χ0) is 15.3. The van der Waals surface area contributed by atoms with Gasteiger partial charge in [0.2, 0.25) is 0 Å². The summed E-state index contributed by atoms with van der Waals surface area (Å²) in [5.74, 6) is -1.82. The first-order valence-electron chi connectivity index (χ1n) is 6.50. The van der Waals surface area contributed by atoms with Gasteiger partial charge < -0.3 is 15.8 Å². The van der Waals surface area contributed by atoms with Gasteiger partial charge in [0.05, 0.1) is 5.69 Å². The summed E-state index contributed by atoms with van der Waals surface area (Å²) < 4.78 is 31.9. The molecule has 0 saturated heterocycles. The summed E-state index contributed by atoms with van der Waals surface area (Å²) in [7, 11) is 0. The summed E-state index contributed by atoms with van der Waals surface area (Å²) in [5.41, 5.74) is 4.92. The Morgan fingerprint density at radius 1 is 1.30 bits per heavy atom. The van der Waals surface area contributed by atoms with E-state index in [9.17, 15) is 13.6 Å². The van der Waals surface area contributed by atoms with Crippen LogP contribution in [0.5, 0.6) is 5.75 Å². The molecule has 112 valence electrons. The fourth-order valence-corrected chi connectivity index (χ4v) is 1.51. The molecule has 3 N–H and O–H groups in total. The number of benzene rings is 1. The first-order chi connectivity index (χ1) is 9.31. The number of carbonyl (C=O) groups is 1. The second-order valence-corrected chi connectivity index (χ2v) is 5.04. The lowest BCUT2D eigenvalue weighted by Crippen LogP contribution is -2.37. The summed E-state index contributed by atoms with van der Waals surface area (Å²) in [6.07, 6.45) is -0.0803. The van der Waals surface area contributed by atoms with Gasteiger partial charge in [0.15, 0.2) is 17.7 Å². The molecule has 1 rings (SSSR count). The van der Waals surface area contributed by atoms with E-state index in [4.69, 9.17) is 10.5 Å². The third-order valence-corrected chi connectivity index (χ3v) is 2.75. The molecule has 0 fully saturated rings. The van der Waals surface area contributed by atoms with Crippen LogP contribution in [0.2, 0.25) is 0 Å². The van der Waals surface area contributed by atoms with E-state index in [1.807, 2.05) is 13.8 Å². The van der Waals surface area contributed by atoms with Crippen LogP contribution in [0.4, 0.5) is 14.5 Å². The zero-order valence-electron chi connectivity index (χ0n) is 11.9. The van der Waals surface area contributed by atoms with Crippen LogP contribution in [-0.4, -0.2) is 18.6 Å². The van der Waals surface area contributed by atoms with Crippen LogP contribution in [0, 0.1) is 17.6 Å². The highest BCUT2D eigenvalue weighted by Crippen LogP contribution is 2.23. The first-order valence-corrected chi connectivity index (χ1v) is 6.50. The van der Waals surface area contributed by atoms with Gasteiger partial charge in [-0.3, -0.25) is 4.79 Å². The highest BCUT2D eigenvalue weighted by molar-refractivity contribution is 5.80. The number of nitrogens with one attached hydrogen (secondary N) is 1. The van der Waals surface area contributed by atoms with E-state index >= 15 is 0 Å². The van der Waals surface area contributed by atoms with Gasteiger partial charge in [-0.15, -0.1) is 0 Å². The molecule has 0 aromatic heterocycles. The van der Waals surface area contributed by atoms with Gasteiger partial charge in [0.1, 0.15) is 5.82 Å². The highest BCUT2D eigenvalue weighted by atomic mass is 19.1. The molecule has 20 heavy (non-hydrogen) atoms. The third-order valence-electron chi connectivity index (χ3n) is 2.75. The lowest BCUT2D eigenvalue weighted by Gasteiger charge is -2.16. The van der Waals surface area contributed by atoms with Gasteiger partial charge in [-0.1, -0.05) is 13.8 Å². The van der Waals surface area contributed by atoms with Gasteiger partial charge in [-0.25, -0.2) is 8.78 Å². The van der Waals surface area contributed by atoms with E-state index in [-0.39, 0.29) is 17.3 Å². The maximum atomic E-state index is 13.5. The van der Waals surface area contributed by atoms with Gasteiger partial charge in [0, 0.05) is 18.7 Å². The summed E-state index contributed by atoms with van der Waals surface area (Å²) in [4.78, 5) is 11.7. The second-order valence-electron chi connectivity index (χ2n) is 5.04. The molecule has 0 radical (unpaired) electrons. The number of amides is 1.